The Morgan fingerprint density at radius 2 is 1.61 bits per heavy atom. The molecule has 33 heavy (non-hydrogen) atoms. The van der Waals surface area contributed by atoms with Crippen LogP contribution in [0.25, 0.3) is 16.9 Å². The van der Waals surface area contributed by atoms with Gasteiger partial charge in [-0.3, -0.25) is 0 Å². The molecular weight excluding hydrogens is 429 g/mol. The van der Waals surface area contributed by atoms with Gasteiger partial charge in [0.15, 0.2) is 11.5 Å². The summed E-state index contributed by atoms with van der Waals surface area (Å²) in [6.07, 6.45) is -2.96. The lowest BCUT2D eigenvalue weighted by Gasteiger charge is -2.36. The third kappa shape index (κ3) is 3.84. The van der Waals surface area contributed by atoms with Crippen molar-refractivity contribution >= 4 is 17.2 Å². The van der Waals surface area contributed by atoms with Crippen LogP contribution in [0.3, 0.4) is 0 Å². The van der Waals surface area contributed by atoms with Gasteiger partial charge in [0.05, 0.1) is 11.3 Å². The molecule has 2 aromatic carbocycles. The summed E-state index contributed by atoms with van der Waals surface area (Å²) in [7, 11) is 0. The van der Waals surface area contributed by atoms with Gasteiger partial charge in [0.25, 0.3) is 0 Å². The van der Waals surface area contributed by atoms with Gasteiger partial charge in [-0.25, -0.2) is 9.50 Å². The van der Waals surface area contributed by atoms with Crippen LogP contribution in [0.5, 0.6) is 0 Å². The predicted octanol–water partition coefficient (Wildman–Crippen LogP) is 4.61. The highest BCUT2D eigenvalue weighted by atomic mass is 19.4. The van der Waals surface area contributed by atoms with Gasteiger partial charge in [-0.15, -0.1) is 5.10 Å². The summed E-state index contributed by atoms with van der Waals surface area (Å²) in [6, 6.07) is 19.0. The van der Waals surface area contributed by atoms with Gasteiger partial charge in [-0.2, -0.15) is 18.4 Å². The molecule has 0 aliphatic carbocycles. The molecule has 5 rings (SSSR count). The van der Waals surface area contributed by atoms with E-state index in [1.165, 1.54) is 16.8 Å². The van der Waals surface area contributed by atoms with Gasteiger partial charge in [0.2, 0.25) is 0 Å². The summed E-state index contributed by atoms with van der Waals surface area (Å²) in [5.41, 5.74) is 1.84. The molecule has 0 amide bonds. The van der Waals surface area contributed by atoms with E-state index in [1.807, 2.05) is 23.1 Å². The Hall–Kier alpha value is -4.06. The monoisotopic (exact) mass is 448 g/mol. The summed E-state index contributed by atoms with van der Waals surface area (Å²) in [6.45, 7) is 2.84. The van der Waals surface area contributed by atoms with Crippen LogP contribution in [0, 0.1) is 11.3 Å². The molecule has 0 N–H and O–H groups in total. The lowest BCUT2D eigenvalue weighted by atomic mass is 10.1. The number of halogens is 3. The highest BCUT2D eigenvalue weighted by molar-refractivity contribution is 5.73. The van der Waals surface area contributed by atoms with Crippen molar-refractivity contribution in [1.29, 1.82) is 5.26 Å². The van der Waals surface area contributed by atoms with Crippen LogP contribution in [0.2, 0.25) is 0 Å². The fraction of sp³-hybridized carbons (Fsp3) is 0.208. The van der Waals surface area contributed by atoms with Crippen molar-refractivity contribution < 1.29 is 13.2 Å². The topological polar surface area (TPSA) is 60.5 Å². The van der Waals surface area contributed by atoms with Crippen LogP contribution in [0.15, 0.2) is 66.9 Å². The maximum Gasteiger partial charge on any atom is 0.416 e. The Morgan fingerprint density at radius 3 is 2.30 bits per heavy atom. The van der Waals surface area contributed by atoms with E-state index < -0.39 is 11.7 Å². The zero-order chi connectivity index (χ0) is 23.0. The second kappa shape index (κ2) is 8.13. The molecule has 0 atom stereocenters. The van der Waals surface area contributed by atoms with Gasteiger partial charge in [-0.1, -0.05) is 30.3 Å². The molecule has 4 aromatic rings. The summed E-state index contributed by atoms with van der Waals surface area (Å²) in [5.74, 6) is 0.497. The summed E-state index contributed by atoms with van der Waals surface area (Å²) < 4.78 is 41.2. The normalized spacial score (nSPS) is 14.5. The van der Waals surface area contributed by atoms with Crippen LogP contribution in [0.1, 0.15) is 11.1 Å². The Bertz CT molecular complexity index is 1330. The first-order chi connectivity index (χ1) is 16.0. The largest absolute Gasteiger partial charge is 0.416 e. The number of piperazine rings is 1. The quantitative estimate of drug-likeness (QED) is 0.458. The maximum absolute atomic E-state index is 13.2. The van der Waals surface area contributed by atoms with E-state index in [-0.39, 0.29) is 0 Å². The minimum absolute atomic E-state index is 0.317. The smallest absolute Gasteiger partial charge is 0.368 e. The summed E-state index contributed by atoms with van der Waals surface area (Å²) >= 11 is 0. The summed E-state index contributed by atoms with van der Waals surface area (Å²) in [5, 5.41) is 14.5. The zero-order valence-corrected chi connectivity index (χ0v) is 17.5. The molecule has 1 saturated heterocycles. The Labute approximate surface area is 188 Å². The fourth-order valence-electron chi connectivity index (χ4n) is 4.14. The number of hydrogen-bond donors (Lipinski definition) is 0. The van der Waals surface area contributed by atoms with Crippen molar-refractivity contribution in [2.75, 3.05) is 36.0 Å². The van der Waals surface area contributed by atoms with Crippen LogP contribution in [-0.2, 0) is 6.18 Å². The molecular formula is C24H19F3N6. The van der Waals surface area contributed by atoms with Gasteiger partial charge in [-0.05, 0) is 30.3 Å². The van der Waals surface area contributed by atoms with Crippen molar-refractivity contribution in [3.8, 4) is 17.3 Å². The highest BCUT2D eigenvalue weighted by Crippen LogP contribution is 2.33. The van der Waals surface area contributed by atoms with Crippen molar-refractivity contribution in [2.45, 2.75) is 6.18 Å². The highest BCUT2D eigenvalue weighted by Gasteiger charge is 2.31. The third-order valence-electron chi connectivity index (χ3n) is 5.80. The zero-order valence-electron chi connectivity index (χ0n) is 17.5. The predicted molar refractivity (Wildman–Crippen MR) is 119 cm³/mol. The van der Waals surface area contributed by atoms with Gasteiger partial charge in [0.1, 0.15) is 11.6 Å². The first-order valence-corrected chi connectivity index (χ1v) is 10.5. The number of nitrogens with zero attached hydrogens (tertiary/aromatic N) is 6. The third-order valence-corrected chi connectivity index (χ3v) is 5.80. The van der Waals surface area contributed by atoms with Crippen LogP contribution in [-0.4, -0.2) is 40.8 Å². The number of rotatable bonds is 3. The molecule has 0 saturated carbocycles. The number of alkyl halides is 3. The van der Waals surface area contributed by atoms with E-state index in [2.05, 4.69) is 33.2 Å². The lowest BCUT2D eigenvalue weighted by molar-refractivity contribution is -0.137. The Balaban J connectivity index is 1.50. The van der Waals surface area contributed by atoms with Crippen LogP contribution in [0.4, 0.5) is 24.7 Å². The molecule has 1 aliphatic rings. The maximum atomic E-state index is 13.2. The second-order valence-electron chi connectivity index (χ2n) is 7.76. The first kappa shape index (κ1) is 20.8. The fourth-order valence-corrected chi connectivity index (χ4v) is 4.14. The number of hydrogen-bond acceptors (Lipinski definition) is 5. The second-order valence-corrected chi connectivity index (χ2v) is 7.76. The van der Waals surface area contributed by atoms with E-state index in [0.29, 0.717) is 41.4 Å². The minimum atomic E-state index is -4.45. The van der Waals surface area contributed by atoms with E-state index in [4.69, 9.17) is 0 Å². The molecule has 0 spiro atoms. The summed E-state index contributed by atoms with van der Waals surface area (Å²) in [4.78, 5) is 8.60. The lowest BCUT2D eigenvalue weighted by Crippen LogP contribution is -2.46. The molecule has 0 unspecified atom stereocenters. The molecule has 0 radical (unpaired) electrons. The van der Waals surface area contributed by atoms with E-state index in [1.54, 1.807) is 12.1 Å². The van der Waals surface area contributed by atoms with Crippen molar-refractivity contribution in [2.24, 2.45) is 0 Å². The number of benzene rings is 2. The molecule has 6 nitrogen and oxygen atoms in total. The first-order valence-electron chi connectivity index (χ1n) is 10.5. The van der Waals surface area contributed by atoms with Gasteiger partial charge < -0.3 is 9.80 Å². The molecule has 3 heterocycles. The van der Waals surface area contributed by atoms with E-state index in [0.717, 1.165) is 30.9 Å². The van der Waals surface area contributed by atoms with Crippen molar-refractivity contribution in [1.82, 2.24) is 14.6 Å². The minimum Gasteiger partial charge on any atom is -0.368 e. The molecule has 9 heteroatoms. The standard InChI is InChI=1S/C24H19F3N6/c25-24(26,27)18-6-4-5-17(15-18)21-9-10-29-22-20(16-28)23(30-33(21)22)32-13-11-31(12-14-32)19-7-2-1-3-8-19/h1-10,15H,11-14H2. The SMILES string of the molecule is N#Cc1c(N2CCN(c3ccccc3)CC2)nn2c(-c3cccc(C(F)(F)F)c3)ccnc12. The molecule has 0 bridgehead atoms. The number of aromatic nitrogens is 3. The van der Waals surface area contributed by atoms with E-state index in [9.17, 15) is 18.4 Å². The average Bonchev–Trinajstić information content (AvgIpc) is 3.23. The average molecular weight is 448 g/mol. The van der Waals surface area contributed by atoms with Gasteiger partial charge in [0, 0.05) is 43.6 Å². The van der Waals surface area contributed by atoms with Crippen LogP contribution >= 0.6 is 0 Å². The number of fused-ring (bicyclic) bond motifs is 1. The number of nitriles is 1. The van der Waals surface area contributed by atoms with E-state index >= 15 is 0 Å². The van der Waals surface area contributed by atoms with Crippen molar-refractivity contribution in [3.05, 3.63) is 78.0 Å². The van der Waals surface area contributed by atoms with Crippen LogP contribution < -0.4 is 9.80 Å². The molecule has 1 aliphatic heterocycles. The Morgan fingerprint density at radius 1 is 0.879 bits per heavy atom. The molecule has 2 aromatic heterocycles. The molecule has 1 fully saturated rings. The molecule has 166 valence electrons. The number of para-hydroxylation sites is 1. The van der Waals surface area contributed by atoms with Crippen molar-refractivity contribution in [3.63, 3.8) is 0 Å². The Kier molecular flexibility index (Phi) is 5.13. The number of anilines is 2. The van der Waals surface area contributed by atoms with Gasteiger partial charge >= 0.3 is 6.18 Å².